The zero-order chi connectivity index (χ0) is 23.4. The standard InChI is InChI=1S/C19H21FN6O4S2/c1-22-32(29,30)12-13-5-7-15(8-6-13)24-18-17(20)10-23-19(26-18)25-16-4-2-3-14(9-16)11-31(21,27)28/h2,4-5,7,9-10,12,22H,3,6,8,11H2,1H3,(H2,21,27,28). The molecule has 0 saturated carbocycles. The van der Waals surface area contributed by atoms with Gasteiger partial charge >= 0.3 is 0 Å². The van der Waals surface area contributed by atoms with Crippen molar-refractivity contribution in [3.8, 4) is 0 Å². The lowest BCUT2D eigenvalue weighted by molar-refractivity contribution is 0.596. The Balaban J connectivity index is 1.83. The molecule has 0 spiro atoms. The Morgan fingerprint density at radius 3 is 2.62 bits per heavy atom. The molecule has 1 heterocycles. The summed E-state index contributed by atoms with van der Waals surface area (Å²) >= 11 is 0. The molecule has 0 amide bonds. The van der Waals surface area contributed by atoms with E-state index in [1.807, 2.05) is 0 Å². The number of nitrogens with one attached hydrogen (secondary N) is 1. The fraction of sp³-hybridized carbons (Fsp3) is 0.263. The number of allylic oxidation sites excluding steroid dienone is 6. The first kappa shape index (κ1) is 23.8. The molecule has 3 rings (SSSR count). The van der Waals surface area contributed by atoms with Crippen LogP contribution in [0, 0.1) is 5.82 Å². The molecule has 0 fully saturated rings. The molecular formula is C19H21FN6O4S2. The minimum absolute atomic E-state index is 0.0426. The Labute approximate surface area is 185 Å². The third-order valence-corrected chi connectivity index (χ3v) is 6.30. The number of nitrogens with two attached hydrogens (primary N) is 1. The lowest BCUT2D eigenvalue weighted by Crippen LogP contribution is -2.19. The molecular weight excluding hydrogens is 459 g/mol. The highest BCUT2D eigenvalue weighted by atomic mass is 32.2. The van der Waals surface area contributed by atoms with Crippen LogP contribution in [0.3, 0.4) is 0 Å². The number of sulfonamides is 2. The lowest BCUT2D eigenvalue weighted by Gasteiger charge is -2.10. The third-order valence-electron chi connectivity index (χ3n) is 4.35. The van der Waals surface area contributed by atoms with E-state index in [0.717, 1.165) is 11.6 Å². The van der Waals surface area contributed by atoms with E-state index in [1.54, 1.807) is 30.4 Å². The van der Waals surface area contributed by atoms with E-state index in [2.05, 4.69) is 24.7 Å². The molecule has 0 unspecified atom stereocenters. The van der Waals surface area contributed by atoms with Crippen LogP contribution in [0.4, 0.5) is 16.2 Å². The second kappa shape index (κ2) is 9.73. The summed E-state index contributed by atoms with van der Waals surface area (Å²) in [6.07, 6.45) is 10.4. The van der Waals surface area contributed by atoms with E-state index in [-0.39, 0.29) is 17.5 Å². The SMILES string of the molecule is CNS(=O)(=O)C=C1C=CC(=Nc2nc(N=C3C=CCC(CS(N)(=O)=O)=C3)ncc2F)CC1. The summed E-state index contributed by atoms with van der Waals surface area (Å²) in [7, 11) is -5.83. The first-order valence-electron chi connectivity index (χ1n) is 9.40. The number of rotatable bonds is 6. The molecule has 13 heteroatoms. The van der Waals surface area contributed by atoms with Gasteiger partial charge in [0.2, 0.25) is 20.0 Å². The quantitative estimate of drug-likeness (QED) is 0.631. The molecule has 1 aromatic heterocycles. The molecule has 1 aromatic rings. The van der Waals surface area contributed by atoms with Crippen molar-refractivity contribution in [2.24, 2.45) is 15.1 Å². The fourth-order valence-electron chi connectivity index (χ4n) is 2.90. The van der Waals surface area contributed by atoms with Crippen molar-refractivity contribution < 1.29 is 21.2 Å². The number of nitrogens with zero attached hydrogens (tertiary/aromatic N) is 4. The zero-order valence-electron chi connectivity index (χ0n) is 17.1. The highest BCUT2D eigenvalue weighted by Gasteiger charge is 2.13. The van der Waals surface area contributed by atoms with E-state index in [0.29, 0.717) is 41.8 Å². The predicted molar refractivity (Wildman–Crippen MR) is 120 cm³/mol. The Kier molecular flexibility index (Phi) is 7.23. The van der Waals surface area contributed by atoms with Gasteiger partial charge in [0.25, 0.3) is 5.95 Å². The molecule has 0 atom stereocenters. The van der Waals surface area contributed by atoms with Crippen molar-refractivity contribution in [2.45, 2.75) is 19.3 Å². The summed E-state index contributed by atoms with van der Waals surface area (Å²) in [6, 6.07) is 0. The molecule has 170 valence electrons. The minimum Gasteiger partial charge on any atom is -0.231 e. The molecule has 10 nitrogen and oxygen atoms in total. The van der Waals surface area contributed by atoms with Crippen LogP contribution in [0.25, 0.3) is 0 Å². The van der Waals surface area contributed by atoms with Crippen LogP contribution in [0.5, 0.6) is 0 Å². The highest BCUT2D eigenvalue weighted by molar-refractivity contribution is 7.92. The van der Waals surface area contributed by atoms with Crippen molar-refractivity contribution in [2.75, 3.05) is 12.8 Å². The second-order valence-corrected chi connectivity index (χ2v) is 10.3. The maximum Gasteiger partial charge on any atom is 0.252 e. The van der Waals surface area contributed by atoms with Crippen LogP contribution in [0.15, 0.2) is 63.1 Å². The zero-order valence-corrected chi connectivity index (χ0v) is 18.7. The largest absolute Gasteiger partial charge is 0.252 e. The van der Waals surface area contributed by atoms with Gasteiger partial charge in [0.05, 0.1) is 17.7 Å². The number of hydrogen-bond donors (Lipinski definition) is 2. The van der Waals surface area contributed by atoms with Crippen LogP contribution >= 0.6 is 0 Å². The van der Waals surface area contributed by atoms with E-state index in [1.165, 1.54) is 7.05 Å². The Morgan fingerprint density at radius 2 is 1.97 bits per heavy atom. The molecule has 0 aromatic carbocycles. The second-order valence-electron chi connectivity index (χ2n) is 6.97. The molecule has 0 bridgehead atoms. The normalized spacial score (nSPS) is 20.8. The van der Waals surface area contributed by atoms with E-state index >= 15 is 0 Å². The van der Waals surface area contributed by atoms with Gasteiger partial charge in [-0.2, -0.15) is 4.98 Å². The lowest BCUT2D eigenvalue weighted by atomic mass is 10.0. The summed E-state index contributed by atoms with van der Waals surface area (Å²) in [6.45, 7) is 0. The van der Waals surface area contributed by atoms with Gasteiger partial charge in [-0.15, -0.1) is 0 Å². The van der Waals surface area contributed by atoms with Gasteiger partial charge in [0.1, 0.15) is 0 Å². The van der Waals surface area contributed by atoms with Crippen molar-refractivity contribution in [3.05, 3.63) is 58.9 Å². The minimum atomic E-state index is -3.67. The predicted octanol–water partition coefficient (Wildman–Crippen LogP) is 1.72. The fourth-order valence-corrected chi connectivity index (χ4v) is 4.33. The molecule has 0 radical (unpaired) electrons. The van der Waals surface area contributed by atoms with Gasteiger partial charge in [0, 0.05) is 11.1 Å². The summed E-state index contributed by atoms with van der Waals surface area (Å²) in [4.78, 5) is 16.3. The Bertz CT molecular complexity index is 1310. The number of aliphatic imine (C=N–C) groups is 2. The molecule has 2 aliphatic carbocycles. The molecule has 0 aliphatic heterocycles. The van der Waals surface area contributed by atoms with Gasteiger partial charge in [0.15, 0.2) is 11.6 Å². The number of aromatic nitrogens is 2. The topological polar surface area (TPSA) is 157 Å². The molecule has 2 aliphatic rings. The van der Waals surface area contributed by atoms with Crippen LogP contribution in [0.2, 0.25) is 0 Å². The monoisotopic (exact) mass is 480 g/mol. The summed E-state index contributed by atoms with van der Waals surface area (Å²) in [5.41, 5.74) is 2.08. The smallest absolute Gasteiger partial charge is 0.231 e. The average molecular weight is 481 g/mol. The maximum absolute atomic E-state index is 14.2. The van der Waals surface area contributed by atoms with Gasteiger partial charge < -0.3 is 0 Å². The summed E-state index contributed by atoms with van der Waals surface area (Å²) in [5, 5.41) is 6.21. The van der Waals surface area contributed by atoms with Gasteiger partial charge in [-0.25, -0.2) is 46.1 Å². The van der Waals surface area contributed by atoms with Crippen molar-refractivity contribution >= 4 is 43.2 Å². The summed E-state index contributed by atoms with van der Waals surface area (Å²) in [5.74, 6) is -1.28. The molecule has 3 N–H and O–H groups in total. The molecule has 0 saturated heterocycles. The number of halogens is 1. The van der Waals surface area contributed by atoms with E-state index < -0.39 is 25.9 Å². The highest BCUT2D eigenvalue weighted by Crippen LogP contribution is 2.22. The van der Waals surface area contributed by atoms with Gasteiger partial charge in [-0.1, -0.05) is 12.2 Å². The van der Waals surface area contributed by atoms with E-state index in [4.69, 9.17) is 5.14 Å². The maximum atomic E-state index is 14.2. The van der Waals surface area contributed by atoms with E-state index in [9.17, 15) is 21.2 Å². The Hall–Kier alpha value is -2.87. The van der Waals surface area contributed by atoms with Gasteiger partial charge in [-0.3, -0.25) is 0 Å². The van der Waals surface area contributed by atoms with Crippen LogP contribution in [0.1, 0.15) is 19.3 Å². The van der Waals surface area contributed by atoms with Crippen molar-refractivity contribution in [1.29, 1.82) is 0 Å². The number of hydrogen-bond acceptors (Lipinski definition) is 8. The van der Waals surface area contributed by atoms with Crippen molar-refractivity contribution in [1.82, 2.24) is 14.7 Å². The van der Waals surface area contributed by atoms with Crippen LogP contribution in [-0.4, -0.2) is 51.0 Å². The van der Waals surface area contributed by atoms with Crippen molar-refractivity contribution in [3.63, 3.8) is 0 Å². The first-order valence-corrected chi connectivity index (χ1v) is 12.7. The summed E-state index contributed by atoms with van der Waals surface area (Å²) < 4.78 is 62.2. The number of primary sulfonamides is 1. The third kappa shape index (κ3) is 7.09. The van der Waals surface area contributed by atoms with Crippen LogP contribution in [-0.2, 0) is 20.0 Å². The van der Waals surface area contributed by atoms with Crippen LogP contribution < -0.4 is 9.86 Å². The van der Waals surface area contributed by atoms with Gasteiger partial charge in [-0.05, 0) is 55.7 Å². The molecule has 32 heavy (non-hydrogen) atoms. The Morgan fingerprint density at radius 1 is 1.19 bits per heavy atom. The first-order chi connectivity index (χ1) is 15.0. The average Bonchev–Trinajstić information content (AvgIpc) is 2.71.